The SMILES string of the molecule is C[C@@H]1CCc2c(C(=O)N3CCN(S(=O)(=O)c4ccc(F)cc4)CC3)csc2C1. The number of hydrogen-bond donors (Lipinski definition) is 0. The molecule has 1 aliphatic heterocycles. The first-order valence-corrected chi connectivity index (χ1v) is 11.8. The van der Waals surface area contributed by atoms with E-state index >= 15 is 0 Å². The molecule has 0 unspecified atom stereocenters. The van der Waals surface area contributed by atoms with Gasteiger partial charge in [0.2, 0.25) is 10.0 Å². The lowest BCUT2D eigenvalue weighted by atomic mass is 9.88. The zero-order chi connectivity index (χ0) is 19.9. The van der Waals surface area contributed by atoms with Crippen LogP contribution >= 0.6 is 11.3 Å². The van der Waals surface area contributed by atoms with Gasteiger partial charge in [0.05, 0.1) is 10.5 Å². The van der Waals surface area contributed by atoms with Gasteiger partial charge in [-0.25, -0.2) is 12.8 Å². The lowest BCUT2D eigenvalue weighted by molar-refractivity contribution is 0.0697. The van der Waals surface area contributed by atoms with Crippen LogP contribution in [-0.2, 0) is 22.9 Å². The fourth-order valence-corrected chi connectivity index (χ4v) is 6.57. The number of nitrogens with zero attached hydrogens (tertiary/aromatic N) is 2. The third kappa shape index (κ3) is 3.60. The van der Waals surface area contributed by atoms with Gasteiger partial charge in [-0.1, -0.05) is 6.92 Å². The average Bonchev–Trinajstić information content (AvgIpc) is 3.11. The Bertz CT molecular complexity index is 977. The minimum absolute atomic E-state index is 0.00545. The van der Waals surface area contributed by atoms with Gasteiger partial charge in [-0.05, 0) is 55.0 Å². The summed E-state index contributed by atoms with van der Waals surface area (Å²) in [6.45, 7) is 3.45. The molecule has 8 heteroatoms. The molecule has 1 aliphatic carbocycles. The van der Waals surface area contributed by atoms with E-state index in [-0.39, 0.29) is 23.9 Å². The van der Waals surface area contributed by atoms with Crippen LogP contribution in [-0.4, -0.2) is 49.7 Å². The second-order valence-corrected chi connectivity index (χ2v) is 10.5. The third-order valence-corrected chi connectivity index (χ3v) is 8.57. The van der Waals surface area contributed by atoms with Crippen molar-refractivity contribution in [3.8, 4) is 0 Å². The number of benzene rings is 1. The highest BCUT2D eigenvalue weighted by Crippen LogP contribution is 2.33. The van der Waals surface area contributed by atoms with E-state index in [2.05, 4.69) is 6.92 Å². The number of carbonyl (C=O) groups is 1. The van der Waals surface area contributed by atoms with Crippen molar-refractivity contribution in [1.82, 2.24) is 9.21 Å². The molecular weight excluding hydrogens is 399 g/mol. The molecule has 1 amide bonds. The van der Waals surface area contributed by atoms with Crippen LogP contribution in [0.2, 0.25) is 0 Å². The monoisotopic (exact) mass is 422 g/mol. The Labute approximate surface area is 168 Å². The van der Waals surface area contributed by atoms with E-state index in [9.17, 15) is 17.6 Å². The lowest BCUT2D eigenvalue weighted by Crippen LogP contribution is -2.50. The van der Waals surface area contributed by atoms with Crippen molar-refractivity contribution in [2.45, 2.75) is 31.1 Å². The number of sulfonamides is 1. The maximum absolute atomic E-state index is 13.1. The summed E-state index contributed by atoms with van der Waals surface area (Å²) in [7, 11) is -3.67. The molecule has 2 aliphatic rings. The van der Waals surface area contributed by atoms with Gasteiger partial charge in [0.25, 0.3) is 5.91 Å². The Morgan fingerprint density at radius 1 is 1.14 bits per heavy atom. The second-order valence-electron chi connectivity index (χ2n) is 7.55. The van der Waals surface area contributed by atoms with E-state index in [0.717, 1.165) is 37.0 Å². The zero-order valence-corrected chi connectivity index (χ0v) is 17.4. The normalized spacial score (nSPS) is 20.8. The van der Waals surface area contributed by atoms with Crippen LogP contribution in [0.5, 0.6) is 0 Å². The molecule has 0 spiro atoms. The standard InChI is InChI=1S/C20H23FN2O3S2/c1-14-2-7-17-18(13-27-19(17)12-14)20(24)22-8-10-23(11-9-22)28(25,26)16-5-3-15(21)4-6-16/h3-6,13-14H,2,7-12H2,1H3/t14-/m1/s1. The van der Waals surface area contributed by atoms with E-state index in [1.165, 1.54) is 26.9 Å². The van der Waals surface area contributed by atoms with Gasteiger partial charge < -0.3 is 4.90 Å². The predicted molar refractivity (Wildman–Crippen MR) is 107 cm³/mol. The van der Waals surface area contributed by atoms with Gasteiger partial charge in [-0.2, -0.15) is 4.31 Å². The van der Waals surface area contributed by atoms with Gasteiger partial charge in [0.15, 0.2) is 0 Å². The maximum atomic E-state index is 13.1. The van der Waals surface area contributed by atoms with Crippen LogP contribution in [0.15, 0.2) is 34.5 Å². The Balaban J connectivity index is 1.44. The van der Waals surface area contributed by atoms with Crippen molar-refractivity contribution in [1.29, 1.82) is 0 Å². The molecule has 1 saturated heterocycles. The van der Waals surface area contributed by atoms with Gasteiger partial charge in [0, 0.05) is 36.4 Å². The van der Waals surface area contributed by atoms with Gasteiger partial charge in [0.1, 0.15) is 5.82 Å². The van der Waals surface area contributed by atoms with Crippen LogP contribution in [0.4, 0.5) is 4.39 Å². The number of piperazine rings is 1. The van der Waals surface area contributed by atoms with Crippen molar-refractivity contribution in [3.05, 3.63) is 51.5 Å². The van der Waals surface area contributed by atoms with E-state index < -0.39 is 15.8 Å². The molecule has 1 aromatic heterocycles. The smallest absolute Gasteiger partial charge is 0.255 e. The third-order valence-electron chi connectivity index (χ3n) is 5.61. The Hall–Kier alpha value is -1.77. The first kappa shape index (κ1) is 19.5. The lowest BCUT2D eigenvalue weighted by Gasteiger charge is -2.34. The minimum Gasteiger partial charge on any atom is -0.336 e. The van der Waals surface area contributed by atoms with Gasteiger partial charge in [-0.3, -0.25) is 4.79 Å². The molecule has 0 radical (unpaired) electrons. The summed E-state index contributed by atoms with van der Waals surface area (Å²) in [5.41, 5.74) is 1.98. The number of amides is 1. The average molecular weight is 423 g/mol. The summed E-state index contributed by atoms with van der Waals surface area (Å²) in [4.78, 5) is 16.1. The zero-order valence-electron chi connectivity index (χ0n) is 15.7. The predicted octanol–water partition coefficient (Wildman–Crippen LogP) is 3.16. The Morgan fingerprint density at radius 3 is 2.50 bits per heavy atom. The van der Waals surface area contributed by atoms with Crippen LogP contribution in [0.25, 0.3) is 0 Å². The molecule has 2 heterocycles. The summed E-state index contributed by atoms with van der Waals surface area (Å²) < 4.78 is 39.9. The largest absolute Gasteiger partial charge is 0.336 e. The molecule has 1 atom stereocenters. The topological polar surface area (TPSA) is 57.7 Å². The van der Waals surface area contributed by atoms with E-state index in [4.69, 9.17) is 0 Å². The van der Waals surface area contributed by atoms with Crippen molar-refractivity contribution < 1.29 is 17.6 Å². The van der Waals surface area contributed by atoms with E-state index in [1.54, 1.807) is 16.2 Å². The summed E-state index contributed by atoms with van der Waals surface area (Å²) in [5, 5.41) is 1.96. The highest BCUT2D eigenvalue weighted by atomic mass is 32.2. The maximum Gasteiger partial charge on any atom is 0.255 e. The minimum atomic E-state index is -3.67. The number of thiophene rings is 1. The molecule has 0 saturated carbocycles. The molecule has 1 fully saturated rings. The quantitative estimate of drug-likeness (QED) is 0.764. The second kappa shape index (κ2) is 7.57. The summed E-state index contributed by atoms with van der Waals surface area (Å²) in [6, 6.07) is 4.85. The van der Waals surface area contributed by atoms with Crippen molar-refractivity contribution in [3.63, 3.8) is 0 Å². The molecule has 2 aromatic rings. The van der Waals surface area contributed by atoms with Crippen LogP contribution in [0.3, 0.4) is 0 Å². The number of rotatable bonds is 3. The molecular formula is C20H23FN2O3S2. The molecule has 1 aromatic carbocycles. The van der Waals surface area contributed by atoms with Crippen molar-refractivity contribution >= 4 is 27.3 Å². The Morgan fingerprint density at radius 2 is 1.82 bits per heavy atom. The van der Waals surface area contributed by atoms with Crippen LogP contribution in [0, 0.1) is 11.7 Å². The molecule has 28 heavy (non-hydrogen) atoms. The van der Waals surface area contributed by atoms with Crippen molar-refractivity contribution in [2.75, 3.05) is 26.2 Å². The van der Waals surface area contributed by atoms with E-state index in [1.807, 2.05) is 5.38 Å². The molecule has 0 bridgehead atoms. The summed E-state index contributed by atoms with van der Waals surface area (Å²) in [5.74, 6) is 0.197. The van der Waals surface area contributed by atoms with Crippen molar-refractivity contribution in [2.24, 2.45) is 5.92 Å². The first-order valence-electron chi connectivity index (χ1n) is 9.50. The number of halogens is 1. The van der Waals surface area contributed by atoms with Crippen LogP contribution < -0.4 is 0 Å². The molecule has 150 valence electrons. The van der Waals surface area contributed by atoms with Crippen LogP contribution in [0.1, 0.15) is 34.1 Å². The Kier molecular flexibility index (Phi) is 5.28. The van der Waals surface area contributed by atoms with Gasteiger partial charge >= 0.3 is 0 Å². The first-order chi connectivity index (χ1) is 13.4. The highest BCUT2D eigenvalue weighted by molar-refractivity contribution is 7.89. The summed E-state index contributed by atoms with van der Waals surface area (Å²) >= 11 is 1.67. The number of carbonyl (C=O) groups excluding carboxylic acids is 1. The van der Waals surface area contributed by atoms with E-state index in [0.29, 0.717) is 19.0 Å². The summed E-state index contributed by atoms with van der Waals surface area (Å²) in [6.07, 6.45) is 3.09. The fourth-order valence-electron chi connectivity index (χ4n) is 3.91. The van der Waals surface area contributed by atoms with Gasteiger partial charge in [-0.15, -0.1) is 11.3 Å². The number of hydrogen-bond acceptors (Lipinski definition) is 4. The molecule has 4 rings (SSSR count). The highest BCUT2D eigenvalue weighted by Gasteiger charge is 2.32. The molecule has 5 nitrogen and oxygen atoms in total. The fraction of sp³-hybridized carbons (Fsp3) is 0.450. The molecule has 0 N–H and O–H groups in total. The number of fused-ring (bicyclic) bond motifs is 1.